The molecule has 0 radical (unpaired) electrons. The molecule has 3 heterocycles. The summed E-state index contributed by atoms with van der Waals surface area (Å²) in [5.41, 5.74) is 7.16. The molecule has 124 valence electrons. The van der Waals surface area contributed by atoms with Crippen molar-refractivity contribution in [1.82, 2.24) is 9.97 Å². The first kappa shape index (κ1) is 16.5. The molecule has 2 N–H and O–H groups in total. The molecule has 0 fully saturated rings. The molecule has 3 rings (SSSR count). The third-order valence-corrected chi connectivity index (χ3v) is 5.48. The van der Waals surface area contributed by atoms with Crippen LogP contribution in [-0.4, -0.2) is 33.9 Å². The summed E-state index contributed by atoms with van der Waals surface area (Å²) in [5, 5.41) is 1.43. The highest BCUT2D eigenvalue weighted by atomic mass is 32.2. The maximum Gasteiger partial charge on any atom is 0.316 e. The van der Waals surface area contributed by atoms with Crippen molar-refractivity contribution in [2.75, 3.05) is 18.1 Å². The van der Waals surface area contributed by atoms with Gasteiger partial charge in [0.15, 0.2) is 5.16 Å². The van der Waals surface area contributed by atoms with Crippen LogP contribution in [0.1, 0.15) is 31.2 Å². The van der Waals surface area contributed by atoms with E-state index in [1.807, 2.05) is 0 Å². The van der Waals surface area contributed by atoms with Crippen LogP contribution < -0.4 is 5.73 Å². The van der Waals surface area contributed by atoms with Crippen LogP contribution in [0.25, 0.3) is 10.2 Å². The molecular weight excluding hydrogens is 334 g/mol. The number of fused-ring (bicyclic) bond motifs is 3. The number of hydrogen-bond donors (Lipinski definition) is 1. The van der Waals surface area contributed by atoms with Crippen LogP contribution in [0.15, 0.2) is 5.16 Å². The van der Waals surface area contributed by atoms with Gasteiger partial charge in [0.25, 0.3) is 0 Å². The number of nitrogens with two attached hydrogens (primary N) is 1. The minimum absolute atomic E-state index is 0.181. The minimum Gasteiger partial charge on any atom is -0.465 e. The van der Waals surface area contributed by atoms with Crippen LogP contribution >= 0.6 is 23.1 Å². The van der Waals surface area contributed by atoms with Crippen molar-refractivity contribution < 1.29 is 14.3 Å². The second-order valence-electron chi connectivity index (χ2n) is 5.89. The van der Waals surface area contributed by atoms with Gasteiger partial charge < -0.3 is 15.2 Å². The first-order valence-electron chi connectivity index (χ1n) is 7.40. The molecule has 23 heavy (non-hydrogen) atoms. The Hall–Kier alpha value is -1.38. The lowest BCUT2D eigenvalue weighted by atomic mass is 9.94. The highest BCUT2D eigenvalue weighted by molar-refractivity contribution is 7.99. The molecular formula is C15H19N3O3S2. The third kappa shape index (κ3) is 3.44. The van der Waals surface area contributed by atoms with Gasteiger partial charge in [0.05, 0.1) is 30.0 Å². The Morgan fingerprint density at radius 2 is 2.26 bits per heavy atom. The number of hydrogen-bond acceptors (Lipinski definition) is 8. The van der Waals surface area contributed by atoms with E-state index in [1.165, 1.54) is 17.3 Å². The number of rotatable bonds is 4. The number of nitrogens with zero attached hydrogens (tertiary/aromatic N) is 2. The van der Waals surface area contributed by atoms with Gasteiger partial charge in [0.2, 0.25) is 0 Å². The Balaban J connectivity index is 1.90. The van der Waals surface area contributed by atoms with Gasteiger partial charge in [-0.15, -0.1) is 11.3 Å². The van der Waals surface area contributed by atoms with Crippen molar-refractivity contribution in [2.45, 2.75) is 44.6 Å². The average Bonchev–Trinajstić information content (AvgIpc) is 2.82. The van der Waals surface area contributed by atoms with Crippen LogP contribution in [0.3, 0.4) is 0 Å². The lowest BCUT2D eigenvalue weighted by molar-refractivity contribution is -0.139. The van der Waals surface area contributed by atoms with E-state index in [-0.39, 0.29) is 17.3 Å². The average molecular weight is 353 g/mol. The van der Waals surface area contributed by atoms with Crippen molar-refractivity contribution >= 4 is 45.1 Å². The number of thiophene rings is 1. The maximum absolute atomic E-state index is 11.5. The van der Waals surface area contributed by atoms with E-state index in [9.17, 15) is 4.79 Å². The maximum atomic E-state index is 11.5. The van der Waals surface area contributed by atoms with Gasteiger partial charge in [-0.2, -0.15) is 0 Å². The van der Waals surface area contributed by atoms with Crippen LogP contribution in [0.2, 0.25) is 0 Å². The molecule has 0 saturated carbocycles. The summed E-state index contributed by atoms with van der Waals surface area (Å²) in [6.45, 7) is 6.87. The van der Waals surface area contributed by atoms with E-state index in [4.69, 9.17) is 15.2 Å². The molecule has 0 amide bonds. The van der Waals surface area contributed by atoms with Crippen molar-refractivity contribution in [3.8, 4) is 0 Å². The lowest BCUT2D eigenvalue weighted by Gasteiger charge is -2.30. The molecule has 0 aromatic carbocycles. The summed E-state index contributed by atoms with van der Waals surface area (Å²) >= 11 is 2.83. The molecule has 0 aliphatic carbocycles. The molecule has 0 bridgehead atoms. The second kappa shape index (κ2) is 6.26. The summed E-state index contributed by atoms with van der Waals surface area (Å²) < 4.78 is 10.8. The summed E-state index contributed by atoms with van der Waals surface area (Å²) in [7, 11) is 0. The highest BCUT2D eigenvalue weighted by Crippen LogP contribution is 2.40. The Bertz CT molecular complexity index is 758. The molecule has 2 aromatic heterocycles. The normalized spacial score (nSPS) is 16.3. The van der Waals surface area contributed by atoms with Crippen molar-refractivity contribution in [3.63, 3.8) is 0 Å². The van der Waals surface area contributed by atoms with E-state index >= 15 is 0 Å². The molecule has 1 aliphatic rings. The fourth-order valence-electron chi connectivity index (χ4n) is 2.54. The van der Waals surface area contributed by atoms with Crippen molar-refractivity contribution in [3.05, 3.63) is 10.4 Å². The number of esters is 1. The summed E-state index contributed by atoms with van der Waals surface area (Å²) in [6, 6.07) is 0. The predicted molar refractivity (Wildman–Crippen MR) is 91.8 cm³/mol. The first-order chi connectivity index (χ1) is 10.9. The highest BCUT2D eigenvalue weighted by Gasteiger charge is 2.30. The van der Waals surface area contributed by atoms with E-state index in [1.54, 1.807) is 18.3 Å². The number of anilines is 1. The van der Waals surface area contributed by atoms with Gasteiger partial charge >= 0.3 is 5.97 Å². The number of carbonyl (C=O) groups excluding carboxylic acids is 1. The number of ether oxygens (including phenoxy) is 2. The molecule has 1 aliphatic heterocycles. The summed E-state index contributed by atoms with van der Waals surface area (Å²) in [4.78, 5) is 22.4. The zero-order chi connectivity index (χ0) is 16.6. The van der Waals surface area contributed by atoms with Gasteiger partial charge in [-0.3, -0.25) is 4.79 Å². The third-order valence-electron chi connectivity index (χ3n) is 3.56. The summed E-state index contributed by atoms with van der Waals surface area (Å²) in [6.07, 6.45) is 0.797. The topological polar surface area (TPSA) is 87.3 Å². The molecule has 6 nitrogen and oxygen atoms in total. The van der Waals surface area contributed by atoms with Gasteiger partial charge in [-0.1, -0.05) is 11.8 Å². The first-order valence-corrected chi connectivity index (χ1v) is 9.20. The Kier molecular flexibility index (Phi) is 4.48. The zero-order valence-corrected chi connectivity index (χ0v) is 15.0. The van der Waals surface area contributed by atoms with E-state index in [0.717, 1.165) is 21.5 Å². The van der Waals surface area contributed by atoms with Gasteiger partial charge in [-0.25, -0.2) is 9.97 Å². The molecule has 0 saturated heterocycles. The summed E-state index contributed by atoms with van der Waals surface area (Å²) in [5.74, 6) is 0.372. The predicted octanol–water partition coefficient (Wildman–Crippen LogP) is 2.78. The fourth-order valence-corrected chi connectivity index (χ4v) is 4.36. The van der Waals surface area contributed by atoms with Crippen LogP contribution in [0.4, 0.5) is 5.82 Å². The minimum atomic E-state index is -0.277. The van der Waals surface area contributed by atoms with Crippen molar-refractivity contribution in [2.24, 2.45) is 0 Å². The Morgan fingerprint density at radius 1 is 1.48 bits per heavy atom. The van der Waals surface area contributed by atoms with Gasteiger partial charge in [-0.05, 0) is 26.3 Å². The van der Waals surface area contributed by atoms with E-state index in [2.05, 4.69) is 23.8 Å². The van der Waals surface area contributed by atoms with E-state index in [0.29, 0.717) is 24.2 Å². The van der Waals surface area contributed by atoms with Gasteiger partial charge in [0, 0.05) is 11.3 Å². The van der Waals surface area contributed by atoms with Crippen LogP contribution in [0.5, 0.6) is 0 Å². The monoisotopic (exact) mass is 353 g/mol. The van der Waals surface area contributed by atoms with E-state index < -0.39 is 0 Å². The molecule has 0 spiro atoms. The molecule has 0 atom stereocenters. The molecule has 0 unspecified atom stereocenters. The number of carbonyl (C=O) groups is 1. The van der Waals surface area contributed by atoms with Crippen LogP contribution in [-0.2, 0) is 27.3 Å². The smallest absolute Gasteiger partial charge is 0.316 e. The standard InChI is InChI=1S/C15H19N3O3S2/c1-4-20-10(19)7-22-14-17-12(16)11-8-5-15(2,3)21-6-9(8)23-13(11)18-14/h4-7H2,1-3H3,(H2,16,17,18). The Labute approximate surface area is 142 Å². The van der Waals surface area contributed by atoms with Crippen LogP contribution in [0, 0.1) is 0 Å². The zero-order valence-electron chi connectivity index (χ0n) is 13.3. The van der Waals surface area contributed by atoms with Gasteiger partial charge in [0.1, 0.15) is 10.6 Å². The second-order valence-corrected chi connectivity index (χ2v) is 7.92. The van der Waals surface area contributed by atoms with Crippen molar-refractivity contribution in [1.29, 1.82) is 0 Å². The fraction of sp³-hybridized carbons (Fsp3) is 0.533. The molecule has 2 aromatic rings. The quantitative estimate of drug-likeness (QED) is 0.514. The molecule has 8 heteroatoms. The number of nitrogen functional groups attached to an aromatic ring is 1. The SMILES string of the molecule is CCOC(=O)CSc1nc(N)c2c3c(sc2n1)COC(C)(C)C3. The number of thioether (sulfide) groups is 1. The Morgan fingerprint density at radius 3 is 3.00 bits per heavy atom. The largest absolute Gasteiger partial charge is 0.465 e. The number of aromatic nitrogens is 2. The lowest BCUT2D eigenvalue weighted by Crippen LogP contribution is -2.31.